The van der Waals surface area contributed by atoms with Crippen molar-refractivity contribution in [2.24, 2.45) is 11.3 Å². The zero-order valence-corrected chi connectivity index (χ0v) is 20.3. The molecule has 7 nitrogen and oxygen atoms in total. The Labute approximate surface area is 200 Å². The Bertz CT molecular complexity index is 1370. The molecule has 0 amide bonds. The van der Waals surface area contributed by atoms with Crippen LogP contribution in [0.3, 0.4) is 0 Å². The number of nitrogens with zero attached hydrogens (tertiary/aromatic N) is 3. The van der Waals surface area contributed by atoms with Crippen LogP contribution < -0.4 is 5.32 Å². The van der Waals surface area contributed by atoms with Crippen molar-refractivity contribution < 1.29 is 14.3 Å². The maximum absolute atomic E-state index is 12.7. The van der Waals surface area contributed by atoms with Gasteiger partial charge in [-0.25, -0.2) is 9.97 Å². The van der Waals surface area contributed by atoms with Crippen molar-refractivity contribution in [3.63, 3.8) is 0 Å². The normalized spacial score (nSPS) is 31.1. The fourth-order valence-corrected chi connectivity index (χ4v) is 6.56. The van der Waals surface area contributed by atoms with Crippen LogP contribution in [-0.4, -0.2) is 45.4 Å². The van der Waals surface area contributed by atoms with Crippen molar-refractivity contribution in [1.29, 1.82) is 0 Å². The van der Waals surface area contributed by atoms with Crippen LogP contribution in [0.2, 0.25) is 4.34 Å². The van der Waals surface area contributed by atoms with Crippen LogP contribution in [-0.2, 0) is 14.3 Å². The van der Waals surface area contributed by atoms with Crippen LogP contribution in [0.4, 0.5) is 5.69 Å². The second kappa shape index (κ2) is 7.03. The number of ketones is 1. The summed E-state index contributed by atoms with van der Waals surface area (Å²) < 4.78 is 15.3. The van der Waals surface area contributed by atoms with Gasteiger partial charge in [0.25, 0.3) is 0 Å². The molecule has 3 aromatic rings. The highest BCUT2D eigenvalue weighted by molar-refractivity contribution is 7.16. The third kappa shape index (κ3) is 3.07. The number of hydrogen-bond acceptors (Lipinski definition) is 7. The first kappa shape index (κ1) is 21.1. The van der Waals surface area contributed by atoms with E-state index in [-0.39, 0.29) is 30.0 Å². The molecule has 0 aromatic carbocycles. The summed E-state index contributed by atoms with van der Waals surface area (Å²) in [4.78, 5) is 23.1. The monoisotopic (exact) mass is 482 g/mol. The molecule has 170 valence electrons. The van der Waals surface area contributed by atoms with E-state index >= 15 is 0 Å². The molecule has 2 saturated carbocycles. The van der Waals surface area contributed by atoms with Gasteiger partial charge < -0.3 is 19.4 Å². The molecule has 0 radical (unpaired) electrons. The molecule has 1 N–H and O–H groups in total. The van der Waals surface area contributed by atoms with Crippen molar-refractivity contribution in [1.82, 2.24) is 14.5 Å². The van der Waals surface area contributed by atoms with Crippen LogP contribution >= 0.6 is 22.9 Å². The second-order valence-electron chi connectivity index (χ2n) is 9.40. The molecule has 2 aliphatic carbocycles. The molecule has 9 heteroatoms. The van der Waals surface area contributed by atoms with Crippen molar-refractivity contribution in [2.75, 3.05) is 12.4 Å². The fraction of sp³-hybridized carbons (Fsp3) is 0.458. The lowest BCUT2D eigenvalue weighted by Crippen LogP contribution is -2.34. The molecular weight excluding hydrogens is 460 g/mol. The Kier molecular flexibility index (Phi) is 4.50. The van der Waals surface area contributed by atoms with Gasteiger partial charge in [-0.05, 0) is 63.1 Å². The molecule has 33 heavy (non-hydrogen) atoms. The lowest BCUT2D eigenvalue weighted by molar-refractivity contribution is -0.163. The third-order valence-corrected chi connectivity index (χ3v) is 8.25. The van der Waals surface area contributed by atoms with E-state index in [0.717, 1.165) is 28.1 Å². The van der Waals surface area contributed by atoms with E-state index in [2.05, 4.69) is 26.7 Å². The summed E-state index contributed by atoms with van der Waals surface area (Å²) in [5.41, 5.74) is 2.47. The molecule has 3 fully saturated rings. The van der Waals surface area contributed by atoms with Crippen molar-refractivity contribution in [3.8, 4) is 11.8 Å². The molecule has 6 rings (SSSR count). The number of Topliss-reactive ketones (excluding diaryl/α,β-unsaturated/α-hetero) is 1. The Morgan fingerprint density at radius 1 is 1.33 bits per heavy atom. The number of ether oxygens (including phenoxy) is 2. The van der Waals surface area contributed by atoms with Gasteiger partial charge in [-0.3, -0.25) is 4.79 Å². The number of nitrogens with one attached hydrogen (secondary N) is 1. The minimum absolute atomic E-state index is 0.0813. The van der Waals surface area contributed by atoms with Gasteiger partial charge in [0.1, 0.15) is 29.2 Å². The summed E-state index contributed by atoms with van der Waals surface area (Å²) in [5.74, 6) is 5.87. The molecule has 3 aliphatic rings. The summed E-state index contributed by atoms with van der Waals surface area (Å²) in [5, 5.41) is 3.21. The maximum Gasteiger partial charge on any atom is 0.163 e. The Hall–Kier alpha value is -2.44. The zero-order valence-electron chi connectivity index (χ0n) is 18.7. The number of carbonyl (C=O) groups is 1. The van der Waals surface area contributed by atoms with E-state index < -0.39 is 11.2 Å². The summed E-state index contributed by atoms with van der Waals surface area (Å²) in [6, 6.07) is 5.55. The second-order valence-corrected chi connectivity index (χ2v) is 11.1. The summed E-state index contributed by atoms with van der Waals surface area (Å²) in [6.07, 6.45) is 2.11. The standard InChI is InChI=1S/C24H23ClN4O3S/c1-12(30)24-10-15(24)19(20-21(24)32-23(2,3)31-20)29-11-27-18-16(26-4)9-13(28-22(18)29)5-6-14-7-8-17(25)33-14/h7-9,11,15,19-21H,10H2,1-4H3,(H,26,28)/t15?,19-,20+,21?,24-/m1/s1. The van der Waals surface area contributed by atoms with Gasteiger partial charge in [0.05, 0.1) is 32.7 Å². The molecule has 4 heterocycles. The fourth-order valence-electron chi connectivity index (χ4n) is 5.67. The minimum Gasteiger partial charge on any atom is -0.386 e. The number of hydrogen-bond donors (Lipinski definition) is 1. The molecule has 2 unspecified atom stereocenters. The number of halogens is 1. The van der Waals surface area contributed by atoms with Crippen LogP contribution in [0.15, 0.2) is 24.5 Å². The van der Waals surface area contributed by atoms with E-state index in [1.54, 1.807) is 13.3 Å². The first-order valence-corrected chi connectivity index (χ1v) is 12.1. The van der Waals surface area contributed by atoms with Gasteiger partial charge in [0, 0.05) is 7.05 Å². The number of aromatic nitrogens is 3. The highest BCUT2D eigenvalue weighted by Crippen LogP contribution is 2.71. The summed E-state index contributed by atoms with van der Waals surface area (Å²) >= 11 is 7.46. The molecule has 3 aromatic heterocycles. The van der Waals surface area contributed by atoms with Crippen molar-refractivity contribution in [3.05, 3.63) is 39.4 Å². The third-order valence-electron chi connectivity index (χ3n) is 7.11. The number of thiophene rings is 1. The van der Waals surface area contributed by atoms with Crippen LogP contribution in [0.5, 0.6) is 0 Å². The molecule has 0 spiro atoms. The maximum atomic E-state index is 12.7. The van der Waals surface area contributed by atoms with Gasteiger partial charge in [-0.15, -0.1) is 11.3 Å². The lowest BCUT2D eigenvalue weighted by Gasteiger charge is -2.24. The first-order chi connectivity index (χ1) is 15.7. The number of fused-ring (bicyclic) bond motifs is 4. The minimum atomic E-state index is -0.734. The number of imidazole rings is 1. The Morgan fingerprint density at radius 2 is 2.15 bits per heavy atom. The smallest absolute Gasteiger partial charge is 0.163 e. The highest BCUT2D eigenvalue weighted by atomic mass is 35.5. The van der Waals surface area contributed by atoms with E-state index in [1.807, 2.05) is 39.1 Å². The molecule has 0 bridgehead atoms. The number of pyridine rings is 1. The highest BCUT2D eigenvalue weighted by Gasteiger charge is 2.78. The topological polar surface area (TPSA) is 78.3 Å². The lowest BCUT2D eigenvalue weighted by atomic mass is 9.95. The van der Waals surface area contributed by atoms with Crippen LogP contribution in [0.25, 0.3) is 11.2 Å². The Balaban J connectivity index is 1.46. The zero-order chi connectivity index (χ0) is 23.1. The van der Waals surface area contributed by atoms with Gasteiger partial charge in [-0.2, -0.15) is 0 Å². The van der Waals surface area contributed by atoms with E-state index in [0.29, 0.717) is 10.0 Å². The van der Waals surface area contributed by atoms with Crippen molar-refractivity contribution in [2.45, 2.75) is 51.2 Å². The summed E-state index contributed by atoms with van der Waals surface area (Å²) in [7, 11) is 1.85. The van der Waals surface area contributed by atoms with E-state index in [4.69, 9.17) is 26.1 Å². The quantitative estimate of drug-likeness (QED) is 0.562. The van der Waals surface area contributed by atoms with Gasteiger partial charge in [0.2, 0.25) is 0 Å². The Morgan fingerprint density at radius 3 is 2.85 bits per heavy atom. The SMILES string of the molecule is CNc1cc(C#Cc2ccc(Cl)s2)nc2c1ncn2[C@@H]1C2C[C@]2(C(C)=O)C2OC(C)(C)O[C@H]21. The average Bonchev–Trinajstić information content (AvgIpc) is 3.03. The van der Waals surface area contributed by atoms with E-state index in [1.165, 1.54) is 11.3 Å². The van der Waals surface area contributed by atoms with Crippen LogP contribution in [0, 0.1) is 23.2 Å². The van der Waals surface area contributed by atoms with Gasteiger partial charge >= 0.3 is 0 Å². The van der Waals surface area contributed by atoms with Gasteiger partial charge in [0.15, 0.2) is 11.4 Å². The van der Waals surface area contributed by atoms with Gasteiger partial charge in [-0.1, -0.05) is 11.6 Å². The number of carbonyl (C=O) groups excluding carboxylic acids is 1. The average molecular weight is 483 g/mol. The van der Waals surface area contributed by atoms with Crippen molar-refractivity contribution >= 4 is 45.6 Å². The molecule has 1 saturated heterocycles. The number of anilines is 1. The molecular formula is C24H23ClN4O3S. The summed E-state index contributed by atoms with van der Waals surface area (Å²) in [6.45, 7) is 5.48. The first-order valence-electron chi connectivity index (χ1n) is 10.9. The van der Waals surface area contributed by atoms with E-state index in [9.17, 15) is 4.79 Å². The number of rotatable bonds is 3. The molecule has 1 aliphatic heterocycles. The molecule has 5 atom stereocenters. The predicted octanol–water partition coefficient (Wildman–Crippen LogP) is 4.26. The largest absolute Gasteiger partial charge is 0.386 e. The predicted molar refractivity (Wildman–Crippen MR) is 126 cm³/mol. The van der Waals surface area contributed by atoms with Crippen LogP contribution in [0.1, 0.15) is 43.8 Å².